The van der Waals surface area contributed by atoms with E-state index in [1.165, 1.54) is 6.08 Å². The highest BCUT2D eigenvalue weighted by atomic mass is 28.2. The summed E-state index contributed by atoms with van der Waals surface area (Å²) in [5.41, 5.74) is 0. The molecule has 0 spiro atoms. The molecule has 0 aromatic rings. The van der Waals surface area contributed by atoms with Gasteiger partial charge in [0, 0.05) is 0 Å². The van der Waals surface area contributed by atoms with Crippen molar-refractivity contribution in [3.63, 3.8) is 0 Å². The monoisotopic (exact) mass is 173 g/mol. The zero-order valence-electron chi connectivity index (χ0n) is 6.42. The van der Waals surface area contributed by atoms with Crippen molar-refractivity contribution in [1.82, 2.24) is 4.98 Å². The average molecular weight is 173 g/mol. The number of amides is 1. The molecule has 4 nitrogen and oxygen atoms in total. The van der Waals surface area contributed by atoms with Gasteiger partial charge in [-0.3, -0.25) is 4.79 Å². The summed E-state index contributed by atoms with van der Waals surface area (Å²) in [6.07, 6.45) is 0.688. The molecule has 0 bridgehead atoms. The number of allylic oxidation sites excluding steroid dienone is 1. The average Bonchev–Trinajstić information content (AvgIpc) is 2.01. The molecule has 11 heavy (non-hydrogen) atoms. The van der Waals surface area contributed by atoms with Gasteiger partial charge in [-0.05, 0) is 13.0 Å². The van der Waals surface area contributed by atoms with E-state index in [0.717, 1.165) is 0 Å². The SMILES string of the molecule is C=CC(=O)[SiH2]NC(=O)OCC. The first-order valence-electron chi connectivity index (χ1n) is 3.26. The molecule has 0 rings (SSSR count). The number of rotatable bonds is 4. The van der Waals surface area contributed by atoms with E-state index in [9.17, 15) is 9.59 Å². The molecule has 0 aliphatic carbocycles. The molecule has 0 aliphatic rings. The summed E-state index contributed by atoms with van der Waals surface area (Å²) in [7, 11) is -1.21. The Balaban J connectivity index is 3.45. The fourth-order valence-corrected chi connectivity index (χ4v) is 0.979. The highest BCUT2D eigenvalue weighted by molar-refractivity contribution is 6.75. The van der Waals surface area contributed by atoms with Gasteiger partial charge in [0.1, 0.15) is 5.41 Å². The van der Waals surface area contributed by atoms with E-state index < -0.39 is 15.8 Å². The maximum atomic E-state index is 10.6. The topological polar surface area (TPSA) is 55.4 Å². The van der Waals surface area contributed by atoms with Crippen LogP contribution in [0.1, 0.15) is 6.92 Å². The predicted octanol–water partition coefficient (Wildman–Crippen LogP) is -0.471. The van der Waals surface area contributed by atoms with Gasteiger partial charge in [0.15, 0.2) is 0 Å². The second-order valence-electron chi connectivity index (χ2n) is 1.74. The molecule has 0 fully saturated rings. The Kier molecular flexibility index (Phi) is 5.10. The largest absolute Gasteiger partial charge is 0.450 e. The first-order valence-corrected chi connectivity index (χ1v) is 4.68. The van der Waals surface area contributed by atoms with E-state index >= 15 is 0 Å². The number of carbonyl (C=O) groups is 2. The Morgan fingerprint density at radius 1 is 1.73 bits per heavy atom. The minimum atomic E-state index is -1.21. The lowest BCUT2D eigenvalue weighted by atomic mass is 10.7. The van der Waals surface area contributed by atoms with Crippen molar-refractivity contribution < 1.29 is 14.3 Å². The Bertz CT molecular complexity index is 169. The lowest BCUT2D eigenvalue weighted by Crippen LogP contribution is -2.32. The van der Waals surface area contributed by atoms with Crippen LogP contribution in [0.5, 0.6) is 0 Å². The predicted molar refractivity (Wildman–Crippen MR) is 43.9 cm³/mol. The van der Waals surface area contributed by atoms with E-state index in [-0.39, 0.29) is 5.41 Å². The molecule has 0 aromatic heterocycles. The van der Waals surface area contributed by atoms with Gasteiger partial charge in [0.05, 0.1) is 6.61 Å². The van der Waals surface area contributed by atoms with Crippen molar-refractivity contribution >= 4 is 21.2 Å². The van der Waals surface area contributed by atoms with Crippen molar-refractivity contribution in [3.05, 3.63) is 12.7 Å². The van der Waals surface area contributed by atoms with Crippen molar-refractivity contribution in [3.8, 4) is 0 Å². The Labute approximate surface area is 67.5 Å². The van der Waals surface area contributed by atoms with Crippen LogP contribution < -0.4 is 4.98 Å². The first kappa shape index (κ1) is 9.90. The maximum absolute atomic E-state index is 10.6. The van der Waals surface area contributed by atoms with Crippen LogP contribution in [0.25, 0.3) is 0 Å². The fraction of sp³-hybridized carbons (Fsp3) is 0.333. The van der Waals surface area contributed by atoms with Gasteiger partial charge >= 0.3 is 6.09 Å². The standard InChI is InChI=1S/C6H11NO3Si/c1-3-5(8)11-7-6(9)10-4-2/h3H,1,4,11H2,2H3,(H,7,9). The molecule has 0 heterocycles. The van der Waals surface area contributed by atoms with Gasteiger partial charge in [0.2, 0.25) is 9.68 Å². The molecule has 0 atom stereocenters. The number of carbonyl (C=O) groups excluding carboxylic acids is 2. The van der Waals surface area contributed by atoms with E-state index in [4.69, 9.17) is 0 Å². The summed E-state index contributed by atoms with van der Waals surface area (Å²) in [4.78, 5) is 23.6. The zero-order chi connectivity index (χ0) is 8.69. The number of ether oxygens (including phenoxy) is 1. The molecule has 0 saturated heterocycles. The van der Waals surface area contributed by atoms with E-state index in [1.807, 2.05) is 0 Å². The number of hydrogen-bond acceptors (Lipinski definition) is 3. The fourth-order valence-electron chi connectivity index (χ4n) is 0.414. The molecular weight excluding hydrogens is 162 g/mol. The molecule has 0 aromatic carbocycles. The zero-order valence-corrected chi connectivity index (χ0v) is 7.84. The Morgan fingerprint density at radius 2 is 2.36 bits per heavy atom. The van der Waals surface area contributed by atoms with E-state index in [0.29, 0.717) is 6.61 Å². The third-order valence-electron chi connectivity index (χ3n) is 0.910. The van der Waals surface area contributed by atoms with Crippen LogP contribution >= 0.6 is 0 Å². The van der Waals surface area contributed by atoms with Crippen molar-refractivity contribution in [2.24, 2.45) is 0 Å². The van der Waals surface area contributed by atoms with Gasteiger partial charge in [0.25, 0.3) is 0 Å². The van der Waals surface area contributed by atoms with Crippen LogP contribution in [0.15, 0.2) is 12.7 Å². The molecule has 1 amide bonds. The van der Waals surface area contributed by atoms with Crippen LogP contribution in [0.4, 0.5) is 4.79 Å². The number of hydrogen-bond donors (Lipinski definition) is 1. The summed E-state index contributed by atoms with van der Waals surface area (Å²) >= 11 is 0. The highest BCUT2D eigenvalue weighted by Gasteiger charge is 2.01. The summed E-state index contributed by atoms with van der Waals surface area (Å²) < 4.78 is 4.53. The number of nitrogens with one attached hydrogen (secondary N) is 1. The van der Waals surface area contributed by atoms with Crippen molar-refractivity contribution in [2.75, 3.05) is 6.61 Å². The molecule has 62 valence electrons. The van der Waals surface area contributed by atoms with Crippen LogP contribution in [0.2, 0.25) is 0 Å². The Hall–Kier alpha value is -1.10. The summed E-state index contributed by atoms with van der Waals surface area (Å²) in [6, 6.07) is 0. The second kappa shape index (κ2) is 5.66. The second-order valence-corrected chi connectivity index (χ2v) is 3.15. The molecule has 0 radical (unpaired) electrons. The molecule has 0 aliphatic heterocycles. The Morgan fingerprint density at radius 3 is 2.82 bits per heavy atom. The minimum Gasteiger partial charge on any atom is -0.450 e. The smallest absolute Gasteiger partial charge is 0.399 e. The van der Waals surface area contributed by atoms with Gasteiger partial charge in [-0.15, -0.1) is 0 Å². The lowest BCUT2D eigenvalue weighted by molar-refractivity contribution is -0.108. The third-order valence-corrected chi connectivity index (χ3v) is 2.01. The van der Waals surface area contributed by atoms with Crippen LogP contribution in [0, 0.1) is 0 Å². The molecule has 0 saturated carbocycles. The van der Waals surface area contributed by atoms with Crippen molar-refractivity contribution in [1.29, 1.82) is 0 Å². The molecular formula is C6H11NO3Si. The molecule has 1 N–H and O–H groups in total. The normalized spacial score (nSPS) is 9.55. The van der Waals surface area contributed by atoms with E-state index in [2.05, 4.69) is 16.3 Å². The van der Waals surface area contributed by atoms with Gasteiger partial charge in [-0.25, -0.2) is 4.79 Å². The van der Waals surface area contributed by atoms with Gasteiger partial charge in [-0.1, -0.05) is 6.58 Å². The lowest BCUT2D eigenvalue weighted by Gasteiger charge is -2.00. The quantitative estimate of drug-likeness (QED) is 0.462. The summed E-state index contributed by atoms with van der Waals surface area (Å²) in [6.45, 7) is 5.30. The van der Waals surface area contributed by atoms with E-state index in [1.54, 1.807) is 6.92 Å². The summed E-state index contributed by atoms with van der Waals surface area (Å²) in [5.74, 6) is 0. The summed E-state index contributed by atoms with van der Waals surface area (Å²) in [5, 5.41) is -0.0990. The van der Waals surface area contributed by atoms with Gasteiger partial charge in [-0.2, -0.15) is 0 Å². The maximum Gasteiger partial charge on any atom is 0.399 e. The molecule has 5 heteroatoms. The molecule has 0 unspecified atom stereocenters. The van der Waals surface area contributed by atoms with Crippen LogP contribution in [0.3, 0.4) is 0 Å². The highest BCUT2D eigenvalue weighted by Crippen LogP contribution is 1.74. The van der Waals surface area contributed by atoms with Crippen molar-refractivity contribution in [2.45, 2.75) is 6.92 Å². The van der Waals surface area contributed by atoms with Crippen LogP contribution in [-0.2, 0) is 9.53 Å². The van der Waals surface area contributed by atoms with Gasteiger partial charge < -0.3 is 9.72 Å². The minimum absolute atomic E-state index is 0.0990. The first-order chi connectivity index (χ1) is 5.20. The van der Waals surface area contributed by atoms with Crippen LogP contribution in [-0.4, -0.2) is 27.8 Å². The third kappa shape index (κ3) is 5.35.